The highest BCUT2D eigenvalue weighted by atomic mass is 16.6. The van der Waals surface area contributed by atoms with Gasteiger partial charge in [0.25, 0.3) is 0 Å². The summed E-state index contributed by atoms with van der Waals surface area (Å²) in [7, 11) is 0. The quantitative estimate of drug-likeness (QED) is 0.527. The van der Waals surface area contributed by atoms with E-state index in [1.807, 2.05) is 0 Å². The maximum Gasteiger partial charge on any atom is 0.0850 e. The van der Waals surface area contributed by atoms with E-state index in [1.54, 1.807) is 0 Å². The minimum absolute atomic E-state index is 0.636. The molecule has 2 heteroatoms. The van der Waals surface area contributed by atoms with Crippen LogP contribution in [0.1, 0.15) is 13.3 Å². The van der Waals surface area contributed by atoms with Crippen molar-refractivity contribution in [3.05, 3.63) is 0 Å². The van der Waals surface area contributed by atoms with Crippen LogP contribution in [0.2, 0.25) is 0 Å². The summed E-state index contributed by atoms with van der Waals surface area (Å²) in [4.78, 5) is 2.51. The van der Waals surface area contributed by atoms with E-state index >= 15 is 0 Å². The smallest absolute Gasteiger partial charge is 0.0850 e. The summed E-state index contributed by atoms with van der Waals surface area (Å²) in [5, 5.41) is 0. The lowest BCUT2D eigenvalue weighted by molar-refractivity contribution is 0.301. The van der Waals surface area contributed by atoms with E-state index in [0.717, 1.165) is 12.5 Å². The molecular weight excluding hydrogens is 126 g/mol. The zero-order valence-electron chi connectivity index (χ0n) is 6.55. The Kier molecular flexibility index (Phi) is 1.66. The maximum atomic E-state index is 5.26. The first kappa shape index (κ1) is 6.62. The van der Waals surface area contributed by atoms with Crippen LogP contribution in [0, 0.1) is 5.92 Å². The molecule has 0 aliphatic carbocycles. The molecule has 2 fully saturated rings. The first-order valence-electron chi connectivity index (χ1n) is 4.24. The van der Waals surface area contributed by atoms with E-state index in [0.29, 0.717) is 6.10 Å². The predicted octanol–water partition coefficient (Wildman–Crippen LogP) is 0.727. The molecule has 2 heterocycles. The van der Waals surface area contributed by atoms with Crippen molar-refractivity contribution in [2.75, 3.05) is 26.2 Å². The molecule has 0 amide bonds. The van der Waals surface area contributed by atoms with E-state index in [1.165, 1.54) is 26.1 Å². The van der Waals surface area contributed by atoms with Crippen molar-refractivity contribution in [1.82, 2.24) is 4.90 Å². The Hall–Kier alpha value is -0.0800. The first-order chi connectivity index (χ1) is 4.90. The van der Waals surface area contributed by atoms with Crippen LogP contribution >= 0.6 is 0 Å². The molecule has 0 aromatic heterocycles. The van der Waals surface area contributed by atoms with Crippen molar-refractivity contribution in [1.29, 1.82) is 0 Å². The fraction of sp³-hybridized carbons (Fsp3) is 1.00. The zero-order chi connectivity index (χ0) is 6.97. The number of nitrogens with zero attached hydrogens (tertiary/aromatic N) is 1. The highest BCUT2D eigenvalue weighted by molar-refractivity contribution is 4.86. The van der Waals surface area contributed by atoms with Crippen LogP contribution in [0.3, 0.4) is 0 Å². The molecule has 0 saturated carbocycles. The molecule has 58 valence electrons. The molecule has 0 bridgehead atoms. The molecule has 0 N–H and O–H groups in total. The third-order valence-corrected chi connectivity index (χ3v) is 2.64. The fourth-order valence-corrected chi connectivity index (χ4v) is 1.78. The summed E-state index contributed by atoms with van der Waals surface area (Å²) in [6, 6.07) is 0. The van der Waals surface area contributed by atoms with Gasteiger partial charge in [-0.3, -0.25) is 0 Å². The van der Waals surface area contributed by atoms with Crippen LogP contribution < -0.4 is 0 Å². The Morgan fingerprint density at radius 3 is 2.90 bits per heavy atom. The first-order valence-corrected chi connectivity index (χ1v) is 4.24. The van der Waals surface area contributed by atoms with Crippen LogP contribution in [0.4, 0.5) is 0 Å². The monoisotopic (exact) mass is 141 g/mol. The van der Waals surface area contributed by atoms with Crippen molar-refractivity contribution in [3.8, 4) is 0 Å². The van der Waals surface area contributed by atoms with Crippen LogP contribution in [-0.4, -0.2) is 37.2 Å². The summed E-state index contributed by atoms with van der Waals surface area (Å²) in [5.41, 5.74) is 0. The van der Waals surface area contributed by atoms with Crippen molar-refractivity contribution < 1.29 is 4.74 Å². The highest BCUT2D eigenvalue weighted by Gasteiger charge is 2.36. The number of epoxide rings is 1. The Morgan fingerprint density at radius 2 is 2.40 bits per heavy atom. The molecule has 2 rings (SSSR count). The third-order valence-electron chi connectivity index (χ3n) is 2.64. The lowest BCUT2D eigenvalue weighted by Gasteiger charge is -2.10. The average molecular weight is 141 g/mol. The van der Waals surface area contributed by atoms with E-state index in [9.17, 15) is 0 Å². The molecule has 2 aliphatic heterocycles. The lowest BCUT2D eigenvalue weighted by atomic mass is 10.1. The third kappa shape index (κ3) is 1.18. The van der Waals surface area contributed by atoms with E-state index in [2.05, 4.69) is 11.8 Å². The number of likely N-dealkylation sites (tertiary alicyclic amines) is 1. The SMILES string of the molecule is CCN1CC[C@H]([C@H]2CO2)C1. The lowest BCUT2D eigenvalue weighted by Crippen LogP contribution is -2.21. The number of ether oxygens (including phenoxy) is 1. The highest BCUT2D eigenvalue weighted by Crippen LogP contribution is 2.28. The molecule has 0 aromatic carbocycles. The van der Waals surface area contributed by atoms with Crippen LogP contribution in [0.5, 0.6) is 0 Å². The minimum Gasteiger partial charge on any atom is -0.373 e. The second-order valence-corrected chi connectivity index (χ2v) is 3.31. The largest absolute Gasteiger partial charge is 0.373 e. The Morgan fingerprint density at radius 1 is 1.60 bits per heavy atom. The van der Waals surface area contributed by atoms with Crippen molar-refractivity contribution in [3.63, 3.8) is 0 Å². The Balaban J connectivity index is 1.81. The summed E-state index contributed by atoms with van der Waals surface area (Å²) < 4.78 is 5.26. The second-order valence-electron chi connectivity index (χ2n) is 3.31. The maximum absolute atomic E-state index is 5.26. The van der Waals surface area contributed by atoms with Gasteiger partial charge in [-0.15, -0.1) is 0 Å². The van der Waals surface area contributed by atoms with Crippen LogP contribution in [0.25, 0.3) is 0 Å². The van der Waals surface area contributed by atoms with Gasteiger partial charge in [-0.2, -0.15) is 0 Å². The summed E-state index contributed by atoms with van der Waals surface area (Å²) >= 11 is 0. The van der Waals surface area contributed by atoms with Crippen LogP contribution in [-0.2, 0) is 4.74 Å². The molecule has 2 atom stereocenters. The van der Waals surface area contributed by atoms with Gasteiger partial charge in [-0.05, 0) is 19.5 Å². The Labute approximate surface area is 62.2 Å². The Bertz CT molecular complexity index is 122. The van der Waals surface area contributed by atoms with E-state index in [-0.39, 0.29) is 0 Å². The molecule has 2 aliphatic rings. The minimum atomic E-state index is 0.636. The number of hydrogen-bond acceptors (Lipinski definition) is 2. The fourth-order valence-electron chi connectivity index (χ4n) is 1.78. The van der Waals surface area contributed by atoms with Gasteiger partial charge in [0.15, 0.2) is 0 Å². The van der Waals surface area contributed by atoms with Crippen molar-refractivity contribution in [2.24, 2.45) is 5.92 Å². The van der Waals surface area contributed by atoms with Crippen molar-refractivity contribution >= 4 is 0 Å². The van der Waals surface area contributed by atoms with Gasteiger partial charge in [0.1, 0.15) is 0 Å². The molecule has 0 spiro atoms. The molecule has 0 unspecified atom stereocenters. The predicted molar refractivity (Wildman–Crippen MR) is 40.0 cm³/mol. The van der Waals surface area contributed by atoms with Crippen LogP contribution in [0.15, 0.2) is 0 Å². The molecule has 2 nitrogen and oxygen atoms in total. The molecule has 10 heavy (non-hydrogen) atoms. The number of rotatable bonds is 2. The van der Waals surface area contributed by atoms with Gasteiger partial charge < -0.3 is 9.64 Å². The van der Waals surface area contributed by atoms with Gasteiger partial charge in [0.05, 0.1) is 12.7 Å². The van der Waals surface area contributed by atoms with Gasteiger partial charge in [0, 0.05) is 12.5 Å². The van der Waals surface area contributed by atoms with Gasteiger partial charge >= 0.3 is 0 Å². The molecular formula is C8H15NO. The molecule has 0 aromatic rings. The summed E-state index contributed by atoms with van der Waals surface area (Å²) in [6.45, 7) is 7.05. The van der Waals surface area contributed by atoms with E-state index in [4.69, 9.17) is 4.74 Å². The average Bonchev–Trinajstić information content (AvgIpc) is 2.70. The van der Waals surface area contributed by atoms with E-state index < -0.39 is 0 Å². The standard InChI is InChI=1S/C8H15NO/c1-2-9-4-3-7(5-9)8-6-10-8/h7-8H,2-6H2,1H3/t7-,8+/m0/s1. The molecule has 2 saturated heterocycles. The second kappa shape index (κ2) is 2.51. The topological polar surface area (TPSA) is 15.8 Å². The molecule has 0 radical (unpaired) electrons. The van der Waals surface area contributed by atoms with Crippen molar-refractivity contribution in [2.45, 2.75) is 19.4 Å². The number of hydrogen-bond donors (Lipinski definition) is 0. The summed E-state index contributed by atoms with van der Waals surface area (Å²) in [5.74, 6) is 0.861. The normalized spacial score (nSPS) is 40.5. The van der Waals surface area contributed by atoms with Gasteiger partial charge in [0.2, 0.25) is 0 Å². The summed E-state index contributed by atoms with van der Waals surface area (Å²) in [6.07, 6.45) is 2.00. The van der Waals surface area contributed by atoms with Gasteiger partial charge in [-0.25, -0.2) is 0 Å². The zero-order valence-corrected chi connectivity index (χ0v) is 6.55. The van der Waals surface area contributed by atoms with Gasteiger partial charge in [-0.1, -0.05) is 6.92 Å².